The summed E-state index contributed by atoms with van der Waals surface area (Å²) in [7, 11) is 1.38. The maximum atomic E-state index is 13.3. The third-order valence-corrected chi connectivity index (χ3v) is 3.84. The average Bonchev–Trinajstić information content (AvgIpc) is 3.02. The molecular weight excluding hydrogens is 325 g/mol. The number of H-pyrrole nitrogens is 1. The van der Waals surface area contributed by atoms with Crippen molar-refractivity contribution in [3.8, 4) is 5.75 Å². The Morgan fingerprint density at radius 3 is 2.76 bits per heavy atom. The molecule has 0 amide bonds. The molecule has 0 bridgehead atoms. The number of rotatable bonds is 6. The summed E-state index contributed by atoms with van der Waals surface area (Å²) in [6, 6.07) is 11.2. The normalized spacial score (nSPS) is 10.6. The van der Waals surface area contributed by atoms with Gasteiger partial charge in [-0.1, -0.05) is 18.2 Å². The van der Waals surface area contributed by atoms with E-state index in [0.29, 0.717) is 0 Å². The number of hydrogen-bond donors (Lipinski definition) is 1. The van der Waals surface area contributed by atoms with Crippen molar-refractivity contribution in [1.29, 1.82) is 0 Å². The topological polar surface area (TPSA) is 68.4 Å². The quantitative estimate of drug-likeness (QED) is 0.552. The second-order valence-corrected chi connectivity index (χ2v) is 5.46. The monoisotopic (exact) mass is 341 g/mol. The molecule has 3 rings (SSSR count). The van der Waals surface area contributed by atoms with Crippen molar-refractivity contribution in [2.75, 3.05) is 13.7 Å². The van der Waals surface area contributed by atoms with Gasteiger partial charge in [0, 0.05) is 17.1 Å². The van der Waals surface area contributed by atoms with Crippen LogP contribution >= 0.6 is 0 Å². The van der Waals surface area contributed by atoms with Crippen LogP contribution in [-0.4, -0.2) is 30.5 Å². The molecule has 128 valence electrons. The molecule has 0 atom stereocenters. The van der Waals surface area contributed by atoms with E-state index in [1.165, 1.54) is 19.2 Å². The largest absolute Gasteiger partial charge is 0.496 e. The second kappa shape index (κ2) is 7.17. The number of aromatic amines is 1. The minimum absolute atomic E-state index is 0.0393. The van der Waals surface area contributed by atoms with Crippen molar-refractivity contribution in [3.63, 3.8) is 0 Å². The molecule has 0 saturated carbocycles. The van der Waals surface area contributed by atoms with Crippen molar-refractivity contribution in [2.24, 2.45) is 0 Å². The summed E-state index contributed by atoms with van der Waals surface area (Å²) in [5.74, 6) is -1.38. The van der Waals surface area contributed by atoms with E-state index in [0.717, 1.165) is 22.5 Å². The fourth-order valence-corrected chi connectivity index (χ4v) is 2.61. The zero-order chi connectivity index (χ0) is 17.8. The van der Waals surface area contributed by atoms with Crippen LogP contribution in [-0.2, 0) is 16.0 Å². The Bertz CT molecular complexity index is 932. The minimum atomic E-state index is -0.561. The van der Waals surface area contributed by atoms with Gasteiger partial charge in [0.25, 0.3) is 0 Å². The molecule has 2 aromatic carbocycles. The summed E-state index contributed by atoms with van der Waals surface area (Å²) in [5.41, 5.74) is 1.75. The Kier molecular flexibility index (Phi) is 4.79. The Morgan fingerprint density at radius 1 is 1.16 bits per heavy atom. The Hall–Kier alpha value is -3.15. The van der Waals surface area contributed by atoms with Gasteiger partial charge in [0.05, 0.1) is 19.1 Å². The number of Topliss-reactive ketones (excluding diaryl/α,β-unsaturated/α-hetero) is 1. The first-order valence-electron chi connectivity index (χ1n) is 7.66. The van der Waals surface area contributed by atoms with Crippen molar-refractivity contribution in [2.45, 2.75) is 6.42 Å². The van der Waals surface area contributed by atoms with Gasteiger partial charge in [-0.3, -0.25) is 9.59 Å². The number of aromatic nitrogens is 1. The maximum absolute atomic E-state index is 13.3. The molecule has 0 fully saturated rings. The number of para-hydroxylation sites is 1. The number of ether oxygens (including phenoxy) is 2. The molecule has 0 spiro atoms. The first-order valence-corrected chi connectivity index (χ1v) is 7.66. The predicted molar refractivity (Wildman–Crippen MR) is 90.2 cm³/mol. The maximum Gasteiger partial charge on any atom is 0.310 e. The number of ketones is 1. The molecule has 6 heteroatoms. The first kappa shape index (κ1) is 16.7. The number of esters is 1. The lowest BCUT2D eigenvalue weighted by atomic mass is 10.1. The van der Waals surface area contributed by atoms with E-state index in [1.807, 2.05) is 24.3 Å². The summed E-state index contributed by atoms with van der Waals surface area (Å²) in [6.45, 7) is -0.471. The molecule has 0 aliphatic heterocycles. The van der Waals surface area contributed by atoms with E-state index < -0.39 is 24.2 Å². The van der Waals surface area contributed by atoms with E-state index in [1.54, 1.807) is 6.20 Å². The summed E-state index contributed by atoms with van der Waals surface area (Å²) in [4.78, 5) is 27.3. The molecule has 3 aromatic rings. The highest BCUT2D eigenvalue weighted by atomic mass is 19.1. The van der Waals surface area contributed by atoms with Crippen molar-refractivity contribution in [1.82, 2.24) is 4.98 Å². The van der Waals surface area contributed by atoms with E-state index in [9.17, 15) is 14.0 Å². The van der Waals surface area contributed by atoms with Crippen LogP contribution in [0, 0.1) is 5.82 Å². The van der Waals surface area contributed by atoms with Crippen LogP contribution in [0.25, 0.3) is 10.9 Å². The molecule has 1 heterocycles. The van der Waals surface area contributed by atoms with E-state index in [-0.39, 0.29) is 17.7 Å². The lowest BCUT2D eigenvalue weighted by Gasteiger charge is -2.08. The number of carbonyl (C=O) groups is 2. The molecule has 0 radical (unpaired) electrons. The fourth-order valence-electron chi connectivity index (χ4n) is 2.61. The summed E-state index contributed by atoms with van der Waals surface area (Å²) >= 11 is 0. The lowest BCUT2D eigenvalue weighted by molar-refractivity contribution is -0.141. The fraction of sp³-hybridized carbons (Fsp3) is 0.158. The van der Waals surface area contributed by atoms with Crippen LogP contribution < -0.4 is 4.74 Å². The van der Waals surface area contributed by atoms with Crippen LogP contribution in [0.1, 0.15) is 15.9 Å². The summed E-state index contributed by atoms with van der Waals surface area (Å²) in [6.07, 6.45) is 1.78. The Balaban J connectivity index is 1.64. The van der Waals surface area contributed by atoms with Crippen LogP contribution in [0.5, 0.6) is 5.75 Å². The number of carbonyl (C=O) groups excluding carboxylic acids is 2. The Morgan fingerprint density at radius 2 is 1.96 bits per heavy atom. The zero-order valence-electron chi connectivity index (χ0n) is 13.5. The third-order valence-electron chi connectivity index (χ3n) is 3.84. The number of fused-ring (bicyclic) bond motifs is 1. The smallest absolute Gasteiger partial charge is 0.310 e. The molecule has 1 aromatic heterocycles. The Labute approximate surface area is 143 Å². The third kappa shape index (κ3) is 3.68. The van der Waals surface area contributed by atoms with Crippen molar-refractivity contribution >= 4 is 22.7 Å². The van der Waals surface area contributed by atoms with E-state index >= 15 is 0 Å². The zero-order valence-corrected chi connectivity index (χ0v) is 13.5. The molecule has 0 saturated heterocycles. The van der Waals surface area contributed by atoms with Gasteiger partial charge >= 0.3 is 5.97 Å². The number of methoxy groups -OCH3 is 1. The molecule has 25 heavy (non-hydrogen) atoms. The van der Waals surface area contributed by atoms with Crippen LogP contribution in [0.2, 0.25) is 0 Å². The van der Waals surface area contributed by atoms with E-state index in [2.05, 4.69) is 4.98 Å². The lowest BCUT2D eigenvalue weighted by Crippen LogP contribution is -2.16. The molecule has 1 N–H and O–H groups in total. The predicted octanol–water partition coefficient (Wildman–Crippen LogP) is 3.28. The van der Waals surface area contributed by atoms with Gasteiger partial charge in [0.2, 0.25) is 5.78 Å². The minimum Gasteiger partial charge on any atom is -0.496 e. The van der Waals surface area contributed by atoms with Gasteiger partial charge in [0.15, 0.2) is 6.61 Å². The average molecular weight is 341 g/mol. The SMILES string of the molecule is COc1ccc(F)cc1C(=O)COC(=O)Cc1c[nH]c2ccccc12. The van der Waals surface area contributed by atoms with Gasteiger partial charge < -0.3 is 14.5 Å². The van der Waals surface area contributed by atoms with Gasteiger partial charge in [-0.05, 0) is 29.8 Å². The molecule has 0 aliphatic rings. The van der Waals surface area contributed by atoms with Crippen LogP contribution in [0.15, 0.2) is 48.7 Å². The second-order valence-electron chi connectivity index (χ2n) is 5.46. The number of halogens is 1. The van der Waals surface area contributed by atoms with Gasteiger partial charge in [-0.25, -0.2) is 4.39 Å². The number of nitrogens with one attached hydrogen (secondary N) is 1. The molecule has 5 nitrogen and oxygen atoms in total. The first-order chi connectivity index (χ1) is 12.1. The van der Waals surface area contributed by atoms with Gasteiger partial charge in [-0.2, -0.15) is 0 Å². The highest BCUT2D eigenvalue weighted by Crippen LogP contribution is 2.21. The van der Waals surface area contributed by atoms with Crippen molar-refractivity contribution in [3.05, 3.63) is 65.6 Å². The standard InChI is InChI=1S/C19H16FNO4/c1-24-18-7-6-13(20)9-15(18)17(22)11-25-19(23)8-12-10-21-16-5-3-2-4-14(12)16/h2-7,9-10,21H,8,11H2,1H3. The highest BCUT2D eigenvalue weighted by molar-refractivity contribution is 6.00. The molecule has 0 unspecified atom stereocenters. The highest BCUT2D eigenvalue weighted by Gasteiger charge is 2.16. The van der Waals surface area contributed by atoms with Crippen molar-refractivity contribution < 1.29 is 23.5 Å². The summed E-state index contributed by atoms with van der Waals surface area (Å²) in [5, 5.41) is 0.928. The van der Waals surface area contributed by atoms with E-state index in [4.69, 9.17) is 9.47 Å². The molecule has 0 aliphatic carbocycles. The molecular formula is C19H16FNO4. The van der Waals surface area contributed by atoms with Gasteiger partial charge in [0.1, 0.15) is 11.6 Å². The number of hydrogen-bond acceptors (Lipinski definition) is 4. The van der Waals surface area contributed by atoms with Gasteiger partial charge in [-0.15, -0.1) is 0 Å². The summed E-state index contributed by atoms with van der Waals surface area (Å²) < 4.78 is 23.4. The van der Waals surface area contributed by atoms with Crippen LogP contribution in [0.4, 0.5) is 4.39 Å². The number of benzene rings is 2. The van der Waals surface area contributed by atoms with Crippen LogP contribution in [0.3, 0.4) is 0 Å².